The average molecular weight is 334 g/mol. The van der Waals surface area contributed by atoms with Gasteiger partial charge in [-0.15, -0.1) is 0 Å². The third-order valence-electron chi connectivity index (χ3n) is 3.52. The minimum atomic E-state index is -0.306. The molecule has 6 heteroatoms. The zero-order valence-electron chi connectivity index (χ0n) is 13.6. The second kappa shape index (κ2) is 7.92. The van der Waals surface area contributed by atoms with Gasteiger partial charge in [0.25, 0.3) is 5.91 Å². The van der Waals surface area contributed by atoms with Gasteiger partial charge in [-0.3, -0.25) is 4.79 Å². The molecule has 0 radical (unpaired) electrons. The number of benzene rings is 1. The van der Waals surface area contributed by atoms with Crippen molar-refractivity contribution in [2.75, 3.05) is 5.73 Å². The maximum Gasteiger partial charge on any atom is 0.274 e. The third-order valence-corrected chi connectivity index (χ3v) is 3.52. The summed E-state index contributed by atoms with van der Waals surface area (Å²) in [5.41, 5.74) is 7.77. The maximum absolute atomic E-state index is 12.4. The lowest BCUT2D eigenvalue weighted by molar-refractivity contribution is 0.0941. The standard InChI is InChI=1S/C19H18N4O2/c20-17-11-15(8-10-21-17)12-23-19(24)18-16(7-4-9-22-18)25-13-14-5-2-1-3-6-14/h1-11H,12-13H2,(H2,20,21)(H,23,24). The summed E-state index contributed by atoms with van der Waals surface area (Å²) in [4.78, 5) is 20.5. The zero-order chi connectivity index (χ0) is 17.5. The molecule has 0 unspecified atom stereocenters. The van der Waals surface area contributed by atoms with E-state index in [4.69, 9.17) is 10.5 Å². The van der Waals surface area contributed by atoms with Gasteiger partial charge in [0.15, 0.2) is 11.4 Å². The quantitative estimate of drug-likeness (QED) is 0.723. The molecule has 0 aliphatic rings. The van der Waals surface area contributed by atoms with Crippen molar-refractivity contribution in [3.05, 3.63) is 83.8 Å². The average Bonchev–Trinajstić information content (AvgIpc) is 2.65. The highest BCUT2D eigenvalue weighted by molar-refractivity contribution is 5.94. The summed E-state index contributed by atoms with van der Waals surface area (Å²) in [5, 5.41) is 2.82. The van der Waals surface area contributed by atoms with Gasteiger partial charge in [0.05, 0.1) is 0 Å². The largest absolute Gasteiger partial charge is 0.486 e. The van der Waals surface area contributed by atoms with Gasteiger partial charge in [0.1, 0.15) is 12.4 Å². The molecule has 3 rings (SSSR count). The fraction of sp³-hybridized carbons (Fsp3) is 0.105. The molecular formula is C19H18N4O2. The van der Waals surface area contributed by atoms with Crippen LogP contribution in [0, 0.1) is 0 Å². The molecule has 6 nitrogen and oxygen atoms in total. The van der Waals surface area contributed by atoms with Crippen molar-refractivity contribution in [3.63, 3.8) is 0 Å². The Hall–Kier alpha value is -3.41. The van der Waals surface area contributed by atoms with Gasteiger partial charge in [-0.2, -0.15) is 0 Å². The highest BCUT2D eigenvalue weighted by atomic mass is 16.5. The summed E-state index contributed by atoms with van der Waals surface area (Å²) >= 11 is 0. The van der Waals surface area contributed by atoms with Gasteiger partial charge < -0.3 is 15.8 Å². The molecule has 25 heavy (non-hydrogen) atoms. The summed E-state index contributed by atoms with van der Waals surface area (Å²) in [6.07, 6.45) is 3.17. The van der Waals surface area contributed by atoms with E-state index in [0.29, 0.717) is 24.7 Å². The van der Waals surface area contributed by atoms with E-state index in [9.17, 15) is 4.79 Å². The molecule has 1 amide bonds. The van der Waals surface area contributed by atoms with Crippen LogP contribution in [0.3, 0.4) is 0 Å². The molecule has 0 saturated heterocycles. The number of rotatable bonds is 6. The second-order valence-electron chi connectivity index (χ2n) is 5.40. The number of nitrogens with two attached hydrogens (primary N) is 1. The molecule has 0 spiro atoms. The molecule has 0 atom stereocenters. The van der Waals surface area contributed by atoms with Crippen LogP contribution in [0.5, 0.6) is 5.75 Å². The van der Waals surface area contributed by atoms with E-state index in [1.54, 1.807) is 36.7 Å². The van der Waals surface area contributed by atoms with E-state index in [2.05, 4.69) is 15.3 Å². The number of carbonyl (C=O) groups excluding carboxylic acids is 1. The van der Waals surface area contributed by atoms with E-state index >= 15 is 0 Å². The Morgan fingerprint density at radius 2 is 1.84 bits per heavy atom. The van der Waals surface area contributed by atoms with Crippen LogP contribution < -0.4 is 15.8 Å². The number of nitrogens with one attached hydrogen (secondary N) is 1. The molecule has 0 fully saturated rings. The Labute approximate surface area is 145 Å². The topological polar surface area (TPSA) is 90.1 Å². The number of carbonyl (C=O) groups is 1. The number of hydrogen-bond acceptors (Lipinski definition) is 5. The predicted octanol–water partition coefficient (Wildman–Crippen LogP) is 2.57. The van der Waals surface area contributed by atoms with Gasteiger partial charge in [-0.1, -0.05) is 30.3 Å². The van der Waals surface area contributed by atoms with Crippen LogP contribution in [0.15, 0.2) is 67.0 Å². The van der Waals surface area contributed by atoms with Crippen molar-refractivity contribution in [2.24, 2.45) is 0 Å². The Balaban J connectivity index is 1.66. The molecular weight excluding hydrogens is 316 g/mol. The number of ether oxygens (including phenoxy) is 1. The minimum absolute atomic E-state index is 0.250. The molecule has 0 saturated carbocycles. The van der Waals surface area contributed by atoms with Crippen molar-refractivity contribution >= 4 is 11.7 Å². The third kappa shape index (κ3) is 4.54. The highest BCUT2D eigenvalue weighted by Gasteiger charge is 2.14. The molecule has 0 aliphatic heterocycles. The van der Waals surface area contributed by atoms with Gasteiger partial charge in [0, 0.05) is 18.9 Å². The van der Waals surface area contributed by atoms with Crippen LogP contribution in [-0.2, 0) is 13.2 Å². The summed E-state index contributed by atoms with van der Waals surface area (Å²) in [6.45, 7) is 0.702. The first kappa shape index (κ1) is 16.4. The van der Waals surface area contributed by atoms with Crippen LogP contribution >= 0.6 is 0 Å². The zero-order valence-corrected chi connectivity index (χ0v) is 13.6. The van der Waals surface area contributed by atoms with Gasteiger partial charge in [-0.05, 0) is 35.4 Å². The molecule has 0 bridgehead atoms. The molecule has 3 aromatic rings. The van der Waals surface area contributed by atoms with Gasteiger partial charge in [0.2, 0.25) is 0 Å². The van der Waals surface area contributed by atoms with E-state index in [0.717, 1.165) is 11.1 Å². The summed E-state index contributed by atoms with van der Waals surface area (Å²) in [7, 11) is 0. The van der Waals surface area contributed by atoms with Crippen LogP contribution in [-0.4, -0.2) is 15.9 Å². The number of pyridine rings is 2. The van der Waals surface area contributed by atoms with E-state index in [-0.39, 0.29) is 11.6 Å². The molecule has 2 heterocycles. The summed E-state index contributed by atoms with van der Waals surface area (Å²) < 4.78 is 5.76. The number of anilines is 1. The molecule has 126 valence electrons. The van der Waals surface area contributed by atoms with E-state index in [1.807, 2.05) is 30.3 Å². The van der Waals surface area contributed by atoms with Crippen molar-refractivity contribution in [3.8, 4) is 5.75 Å². The number of amides is 1. The Morgan fingerprint density at radius 1 is 1.00 bits per heavy atom. The molecule has 3 N–H and O–H groups in total. The van der Waals surface area contributed by atoms with Crippen molar-refractivity contribution < 1.29 is 9.53 Å². The fourth-order valence-electron chi connectivity index (χ4n) is 2.28. The number of hydrogen-bond donors (Lipinski definition) is 2. The first-order chi connectivity index (χ1) is 12.2. The molecule has 2 aromatic heterocycles. The van der Waals surface area contributed by atoms with Crippen LogP contribution in [0.1, 0.15) is 21.6 Å². The Morgan fingerprint density at radius 3 is 2.64 bits per heavy atom. The smallest absolute Gasteiger partial charge is 0.274 e. The number of aromatic nitrogens is 2. The number of nitrogen functional groups attached to an aromatic ring is 1. The molecule has 0 aliphatic carbocycles. The Bertz CT molecular complexity index is 853. The SMILES string of the molecule is Nc1cc(CNC(=O)c2ncccc2OCc2ccccc2)ccn1. The first-order valence-corrected chi connectivity index (χ1v) is 7.83. The monoisotopic (exact) mass is 334 g/mol. The van der Waals surface area contributed by atoms with E-state index in [1.165, 1.54) is 0 Å². The lowest BCUT2D eigenvalue weighted by atomic mass is 10.2. The van der Waals surface area contributed by atoms with E-state index < -0.39 is 0 Å². The maximum atomic E-state index is 12.4. The second-order valence-corrected chi connectivity index (χ2v) is 5.40. The van der Waals surface area contributed by atoms with Crippen LogP contribution in [0.25, 0.3) is 0 Å². The van der Waals surface area contributed by atoms with Crippen LogP contribution in [0.2, 0.25) is 0 Å². The fourth-order valence-corrected chi connectivity index (χ4v) is 2.28. The Kier molecular flexibility index (Phi) is 5.21. The van der Waals surface area contributed by atoms with Crippen molar-refractivity contribution in [2.45, 2.75) is 13.2 Å². The molecule has 1 aromatic carbocycles. The highest BCUT2D eigenvalue weighted by Crippen LogP contribution is 2.17. The predicted molar refractivity (Wildman–Crippen MR) is 94.8 cm³/mol. The summed E-state index contributed by atoms with van der Waals surface area (Å²) in [5.74, 6) is 0.550. The van der Waals surface area contributed by atoms with Crippen molar-refractivity contribution in [1.82, 2.24) is 15.3 Å². The van der Waals surface area contributed by atoms with Crippen LogP contribution in [0.4, 0.5) is 5.82 Å². The first-order valence-electron chi connectivity index (χ1n) is 7.83. The lowest BCUT2D eigenvalue weighted by Crippen LogP contribution is -2.24. The van der Waals surface area contributed by atoms with Crippen molar-refractivity contribution in [1.29, 1.82) is 0 Å². The lowest BCUT2D eigenvalue weighted by Gasteiger charge is -2.11. The number of nitrogens with zero attached hydrogens (tertiary/aromatic N) is 2. The minimum Gasteiger partial charge on any atom is -0.486 e. The normalized spacial score (nSPS) is 10.2. The van der Waals surface area contributed by atoms with Gasteiger partial charge >= 0.3 is 0 Å². The van der Waals surface area contributed by atoms with Gasteiger partial charge in [-0.25, -0.2) is 9.97 Å². The summed E-state index contributed by atoms with van der Waals surface area (Å²) in [6, 6.07) is 16.7.